The summed E-state index contributed by atoms with van der Waals surface area (Å²) in [4.78, 5) is 17.4. The number of hydrogen-bond donors (Lipinski definition) is 1. The minimum Gasteiger partial charge on any atom is -0.355 e. The number of likely N-dealkylation sites (tertiary alicyclic amines) is 1. The van der Waals surface area contributed by atoms with E-state index in [0.29, 0.717) is 6.54 Å². The Hall–Kier alpha value is -2.47. The lowest BCUT2D eigenvalue weighted by Crippen LogP contribution is -2.45. The van der Waals surface area contributed by atoms with Crippen molar-refractivity contribution < 1.29 is 4.79 Å². The van der Waals surface area contributed by atoms with E-state index in [4.69, 9.17) is 0 Å². The predicted molar refractivity (Wildman–Crippen MR) is 120 cm³/mol. The molecule has 4 rings (SSSR count). The highest BCUT2D eigenvalue weighted by Crippen LogP contribution is 2.23. The minimum absolute atomic E-state index is 0.0266. The zero-order valence-corrected chi connectivity index (χ0v) is 18.0. The van der Waals surface area contributed by atoms with Gasteiger partial charge < -0.3 is 15.1 Å². The molecule has 0 aliphatic carbocycles. The molecule has 0 spiro atoms. The van der Waals surface area contributed by atoms with Crippen LogP contribution in [0.1, 0.15) is 37.7 Å². The number of piperidine rings is 2. The summed E-state index contributed by atoms with van der Waals surface area (Å²) in [5.41, 5.74) is 3.18. The van der Waals surface area contributed by atoms with Gasteiger partial charge in [0.15, 0.2) is 5.82 Å². The van der Waals surface area contributed by atoms with Crippen LogP contribution in [0, 0.1) is 12.8 Å². The SMILES string of the molecule is Cc1ccc(-c2ccc(N3CCCC(C(=O)NCCN4CCCCC4)C3)nn2)cc1. The monoisotopic (exact) mass is 407 g/mol. The molecule has 0 radical (unpaired) electrons. The third-order valence-electron chi connectivity index (χ3n) is 6.29. The van der Waals surface area contributed by atoms with E-state index < -0.39 is 0 Å². The maximum atomic E-state index is 12.7. The number of rotatable bonds is 6. The van der Waals surface area contributed by atoms with Crippen molar-refractivity contribution in [3.8, 4) is 11.3 Å². The number of benzene rings is 1. The summed E-state index contributed by atoms with van der Waals surface area (Å²) in [7, 11) is 0. The van der Waals surface area contributed by atoms with E-state index in [-0.39, 0.29) is 11.8 Å². The summed E-state index contributed by atoms with van der Waals surface area (Å²) in [6.45, 7) is 7.78. The van der Waals surface area contributed by atoms with Crippen LogP contribution in [0.5, 0.6) is 0 Å². The third kappa shape index (κ3) is 5.36. The van der Waals surface area contributed by atoms with Gasteiger partial charge >= 0.3 is 0 Å². The third-order valence-corrected chi connectivity index (χ3v) is 6.29. The summed E-state index contributed by atoms with van der Waals surface area (Å²) in [6.07, 6.45) is 5.87. The molecule has 2 saturated heterocycles. The van der Waals surface area contributed by atoms with Crippen molar-refractivity contribution in [3.63, 3.8) is 0 Å². The van der Waals surface area contributed by atoms with E-state index in [2.05, 4.69) is 56.5 Å². The molecular weight excluding hydrogens is 374 g/mol. The first-order valence-corrected chi connectivity index (χ1v) is 11.3. The largest absolute Gasteiger partial charge is 0.355 e. The van der Waals surface area contributed by atoms with Gasteiger partial charge in [-0.15, -0.1) is 10.2 Å². The van der Waals surface area contributed by atoms with Gasteiger partial charge in [-0.1, -0.05) is 36.2 Å². The van der Waals surface area contributed by atoms with E-state index >= 15 is 0 Å². The lowest BCUT2D eigenvalue weighted by molar-refractivity contribution is -0.125. The molecule has 6 nitrogen and oxygen atoms in total. The zero-order chi connectivity index (χ0) is 20.8. The number of aryl methyl sites for hydroxylation is 1. The molecular formula is C24H33N5O. The van der Waals surface area contributed by atoms with Gasteiger partial charge in [-0.25, -0.2) is 0 Å². The summed E-state index contributed by atoms with van der Waals surface area (Å²) < 4.78 is 0. The molecule has 1 amide bonds. The molecule has 0 saturated carbocycles. The van der Waals surface area contributed by atoms with E-state index in [1.54, 1.807) is 0 Å². The Morgan fingerprint density at radius 1 is 1.00 bits per heavy atom. The highest BCUT2D eigenvalue weighted by Gasteiger charge is 2.26. The van der Waals surface area contributed by atoms with Crippen molar-refractivity contribution in [2.75, 3.05) is 44.2 Å². The first-order valence-electron chi connectivity index (χ1n) is 11.3. The Balaban J connectivity index is 1.29. The zero-order valence-electron chi connectivity index (χ0n) is 18.0. The molecule has 2 aliphatic heterocycles. The second-order valence-electron chi connectivity index (χ2n) is 8.62. The first-order chi connectivity index (χ1) is 14.7. The molecule has 160 valence electrons. The molecule has 2 fully saturated rings. The van der Waals surface area contributed by atoms with Gasteiger partial charge in [0.1, 0.15) is 0 Å². The Kier molecular flexibility index (Phi) is 6.95. The number of hydrogen-bond acceptors (Lipinski definition) is 5. The van der Waals surface area contributed by atoms with Crippen LogP contribution >= 0.6 is 0 Å². The van der Waals surface area contributed by atoms with Crippen molar-refractivity contribution in [2.45, 2.75) is 39.0 Å². The molecule has 1 N–H and O–H groups in total. The topological polar surface area (TPSA) is 61.4 Å². The van der Waals surface area contributed by atoms with Crippen LogP contribution in [-0.2, 0) is 4.79 Å². The molecule has 1 aromatic heterocycles. The molecule has 1 atom stereocenters. The Morgan fingerprint density at radius 2 is 1.80 bits per heavy atom. The summed E-state index contributed by atoms with van der Waals surface area (Å²) in [6, 6.07) is 12.4. The van der Waals surface area contributed by atoms with E-state index in [1.807, 2.05) is 12.1 Å². The quantitative estimate of drug-likeness (QED) is 0.796. The average Bonchev–Trinajstić information content (AvgIpc) is 2.80. The number of anilines is 1. The van der Waals surface area contributed by atoms with Crippen LogP contribution in [0.4, 0.5) is 5.82 Å². The molecule has 3 heterocycles. The molecule has 2 aromatic rings. The van der Waals surface area contributed by atoms with Crippen molar-refractivity contribution in [2.24, 2.45) is 5.92 Å². The van der Waals surface area contributed by atoms with Crippen molar-refractivity contribution in [1.29, 1.82) is 0 Å². The van der Waals surface area contributed by atoms with Crippen molar-refractivity contribution >= 4 is 11.7 Å². The van der Waals surface area contributed by atoms with Crippen LogP contribution < -0.4 is 10.2 Å². The van der Waals surface area contributed by atoms with Crippen LogP contribution in [0.25, 0.3) is 11.3 Å². The van der Waals surface area contributed by atoms with Gasteiger partial charge in [-0.2, -0.15) is 0 Å². The van der Waals surface area contributed by atoms with Gasteiger partial charge in [-0.05, 0) is 57.8 Å². The Bertz CT molecular complexity index is 814. The smallest absolute Gasteiger partial charge is 0.224 e. The average molecular weight is 408 g/mol. The highest BCUT2D eigenvalue weighted by atomic mass is 16.1. The fraction of sp³-hybridized carbons (Fsp3) is 0.542. The van der Waals surface area contributed by atoms with E-state index in [1.165, 1.54) is 37.9 Å². The molecule has 30 heavy (non-hydrogen) atoms. The molecule has 1 aromatic carbocycles. The Labute approximate surface area is 179 Å². The second-order valence-corrected chi connectivity index (χ2v) is 8.62. The summed E-state index contributed by atoms with van der Waals surface area (Å²) >= 11 is 0. The van der Waals surface area contributed by atoms with Crippen LogP contribution in [-0.4, -0.2) is 60.3 Å². The number of nitrogens with one attached hydrogen (secondary N) is 1. The highest BCUT2D eigenvalue weighted by molar-refractivity contribution is 5.79. The first kappa shape index (κ1) is 20.8. The molecule has 1 unspecified atom stereocenters. The van der Waals surface area contributed by atoms with Gasteiger partial charge in [0.2, 0.25) is 5.91 Å². The van der Waals surface area contributed by atoms with Gasteiger partial charge in [0, 0.05) is 31.7 Å². The minimum atomic E-state index is 0.0266. The number of carbonyl (C=O) groups is 1. The molecule has 6 heteroatoms. The number of amides is 1. The van der Waals surface area contributed by atoms with E-state index in [0.717, 1.165) is 49.6 Å². The van der Waals surface area contributed by atoms with Crippen LogP contribution in [0.2, 0.25) is 0 Å². The molecule has 0 bridgehead atoms. The van der Waals surface area contributed by atoms with Crippen LogP contribution in [0.3, 0.4) is 0 Å². The number of nitrogens with zero attached hydrogens (tertiary/aromatic N) is 4. The maximum absolute atomic E-state index is 12.7. The van der Waals surface area contributed by atoms with Gasteiger partial charge in [0.25, 0.3) is 0 Å². The second kappa shape index (κ2) is 10.0. The maximum Gasteiger partial charge on any atom is 0.224 e. The predicted octanol–water partition coefficient (Wildman–Crippen LogP) is 3.27. The Morgan fingerprint density at radius 3 is 2.53 bits per heavy atom. The fourth-order valence-corrected chi connectivity index (χ4v) is 4.44. The van der Waals surface area contributed by atoms with Crippen molar-refractivity contribution in [1.82, 2.24) is 20.4 Å². The standard InChI is InChI=1S/C24H33N5O/c1-19-7-9-20(10-8-19)22-11-12-23(27-26-22)29-16-5-6-21(18-29)24(30)25-13-17-28-14-3-2-4-15-28/h7-12,21H,2-6,13-18H2,1H3,(H,25,30). The van der Waals surface area contributed by atoms with E-state index in [9.17, 15) is 4.79 Å². The lowest BCUT2D eigenvalue weighted by Gasteiger charge is -2.33. The normalized spacial score (nSPS) is 20.2. The fourth-order valence-electron chi connectivity index (χ4n) is 4.44. The number of aromatic nitrogens is 2. The summed E-state index contributed by atoms with van der Waals surface area (Å²) in [5.74, 6) is 1.07. The van der Waals surface area contributed by atoms with Crippen molar-refractivity contribution in [3.05, 3.63) is 42.0 Å². The number of carbonyl (C=O) groups excluding carboxylic acids is 1. The van der Waals surface area contributed by atoms with Gasteiger partial charge in [0.05, 0.1) is 11.6 Å². The van der Waals surface area contributed by atoms with Gasteiger partial charge in [-0.3, -0.25) is 4.79 Å². The van der Waals surface area contributed by atoms with Crippen LogP contribution in [0.15, 0.2) is 36.4 Å². The summed E-state index contributed by atoms with van der Waals surface area (Å²) in [5, 5.41) is 12.0. The lowest BCUT2D eigenvalue weighted by atomic mass is 9.97. The molecule has 2 aliphatic rings.